The Morgan fingerprint density at radius 1 is 1.33 bits per heavy atom. The average molecular weight is 172 g/mol. The highest BCUT2D eigenvalue weighted by molar-refractivity contribution is 5.00. The molecule has 2 nitrogen and oxygen atoms in total. The van der Waals surface area contributed by atoms with Crippen LogP contribution < -0.4 is 0 Å². The normalized spacial score (nSPS) is 22.8. The average Bonchev–Trinajstić information content (AvgIpc) is 2.80. The standard InChI is InChI=1S/C10H20O2/c1-8(2)9(3)10(4-5-10)12-7-6-11/h8-9,11H,4-7H2,1-3H3. The summed E-state index contributed by atoms with van der Waals surface area (Å²) in [4.78, 5) is 0. The highest BCUT2D eigenvalue weighted by atomic mass is 16.5. The zero-order valence-corrected chi connectivity index (χ0v) is 8.34. The monoisotopic (exact) mass is 172 g/mol. The molecule has 1 aliphatic rings. The molecule has 0 radical (unpaired) electrons. The van der Waals surface area contributed by atoms with Crippen LogP contribution in [-0.2, 0) is 4.74 Å². The van der Waals surface area contributed by atoms with Crippen molar-refractivity contribution in [1.29, 1.82) is 0 Å². The van der Waals surface area contributed by atoms with Crippen LogP contribution >= 0.6 is 0 Å². The number of aliphatic hydroxyl groups is 1. The molecule has 0 spiro atoms. The van der Waals surface area contributed by atoms with Crippen molar-refractivity contribution in [1.82, 2.24) is 0 Å². The number of rotatable bonds is 5. The third-order valence-electron chi connectivity index (χ3n) is 3.05. The predicted octanol–water partition coefficient (Wildman–Crippen LogP) is 1.82. The maximum atomic E-state index is 8.65. The minimum Gasteiger partial charge on any atom is -0.394 e. The van der Waals surface area contributed by atoms with Gasteiger partial charge >= 0.3 is 0 Å². The van der Waals surface area contributed by atoms with Crippen LogP contribution in [0.5, 0.6) is 0 Å². The van der Waals surface area contributed by atoms with Crippen molar-refractivity contribution in [2.45, 2.75) is 39.2 Å². The van der Waals surface area contributed by atoms with Crippen molar-refractivity contribution < 1.29 is 9.84 Å². The molecule has 1 fully saturated rings. The number of ether oxygens (including phenoxy) is 1. The fourth-order valence-corrected chi connectivity index (χ4v) is 1.71. The van der Waals surface area contributed by atoms with Crippen LogP contribution in [0.15, 0.2) is 0 Å². The van der Waals surface area contributed by atoms with Crippen molar-refractivity contribution >= 4 is 0 Å². The summed E-state index contributed by atoms with van der Waals surface area (Å²) >= 11 is 0. The largest absolute Gasteiger partial charge is 0.394 e. The minimum absolute atomic E-state index is 0.122. The van der Waals surface area contributed by atoms with Gasteiger partial charge in [-0.15, -0.1) is 0 Å². The van der Waals surface area contributed by atoms with Crippen molar-refractivity contribution in [2.24, 2.45) is 11.8 Å². The van der Waals surface area contributed by atoms with Crippen LogP contribution in [0.3, 0.4) is 0 Å². The first kappa shape index (κ1) is 10.0. The molecule has 72 valence electrons. The molecule has 0 amide bonds. The Balaban J connectivity index is 2.37. The van der Waals surface area contributed by atoms with Crippen LogP contribution in [0.1, 0.15) is 33.6 Å². The van der Waals surface area contributed by atoms with Crippen molar-refractivity contribution in [3.05, 3.63) is 0 Å². The topological polar surface area (TPSA) is 29.5 Å². The van der Waals surface area contributed by atoms with Crippen molar-refractivity contribution in [2.75, 3.05) is 13.2 Å². The fraction of sp³-hybridized carbons (Fsp3) is 1.00. The number of aliphatic hydroxyl groups excluding tert-OH is 1. The van der Waals surface area contributed by atoms with Crippen molar-refractivity contribution in [3.8, 4) is 0 Å². The Morgan fingerprint density at radius 3 is 2.25 bits per heavy atom. The molecule has 0 bridgehead atoms. The molecule has 12 heavy (non-hydrogen) atoms. The van der Waals surface area contributed by atoms with Crippen LogP contribution in [0.4, 0.5) is 0 Å². The van der Waals surface area contributed by atoms with Gasteiger partial charge < -0.3 is 9.84 Å². The summed E-state index contributed by atoms with van der Waals surface area (Å²) in [5.74, 6) is 1.29. The van der Waals surface area contributed by atoms with Gasteiger partial charge in [0.05, 0.1) is 18.8 Å². The molecular formula is C10H20O2. The summed E-state index contributed by atoms with van der Waals surface area (Å²) in [5, 5.41) is 8.65. The molecule has 0 heterocycles. The third-order valence-corrected chi connectivity index (χ3v) is 3.05. The summed E-state index contributed by atoms with van der Waals surface area (Å²) in [7, 11) is 0. The lowest BCUT2D eigenvalue weighted by Gasteiger charge is -2.26. The predicted molar refractivity (Wildman–Crippen MR) is 49.0 cm³/mol. The minimum atomic E-state index is 0.122. The maximum Gasteiger partial charge on any atom is 0.0713 e. The van der Waals surface area contributed by atoms with E-state index in [1.807, 2.05) is 0 Å². The summed E-state index contributed by atoms with van der Waals surface area (Å²) in [6.45, 7) is 7.35. The second-order valence-corrected chi connectivity index (χ2v) is 4.17. The Morgan fingerprint density at radius 2 is 1.92 bits per heavy atom. The molecule has 1 unspecified atom stereocenters. The molecule has 0 aromatic heterocycles. The van der Waals surface area contributed by atoms with Gasteiger partial charge in [-0.25, -0.2) is 0 Å². The smallest absolute Gasteiger partial charge is 0.0713 e. The molecule has 0 aromatic rings. The third kappa shape index (κ3) is 1.99. The number of hydrogen-bond acceptors (Lipinski definition) is 2. The quantitative estimate of drug-likeness (QED) is 0.685. The Labute approximate surface area is 74.9 Å². The van der Waals surface area contributed by atoms with E-state index >= 15 is 0 Å². The molecule has 0 saturated heterocycles. The van der Waals surface area contributed by atoms with Gasteiger partial charge in [0.2, 0.25) is 0 Å². The Kier molecular flexibility index (Phi) is 3.13. The van der Waals surface area contributed by atoms with Crippen molar-refractivity contribution in [3.63, 3.8) is 0 Å². The van der Waals surface area contributed by atoms with Crippen LogP contribution in [-0.4, -0.2) is 23.9 Å². The van der Waals surface area contributed by atoms with Gasteiger partial charge in [0.15, 0.2) is 0 Å². The molecule has 1 atom stereocenters. The second-order valence-electron chi connectivity index (χ2n) is 4.17. The van der Waals surface area contributed by atoms with E-state index in [1.165, 1.54) is 12.8 Å². The molecule has 1 N–H and O–H groups in total. The van der Waals surface area contributed by atoms with Gasteiger partial charge in [-0.1, -0.05) is 20.8 Å². The van der Waals surface area contributed by atoms with Gasteiger partial charge in [-0.2, -0.15) is 0 Å². The summed E-state index contributed by atoms with van der Waals surface area (Å²) < 4.78 is 5.66. The molecule has 1 rings (SSSR count). The van der Waals surface area contributed by atoms with Gasteiger partial charge in [0.1, 0.15) is 0 Å². The molecule has 1 saturated carbocycles. The highest BCUT2D eigenvalue weighted by Gasteiger charge is 2.49. The summed E-state index contributed by atoms with van der Waals surface area (Å²) in [5.41, 5.74) is 0.122. The first-order chi connectivity index (χ1) is 5.62. The van der Waals surface area contributed by atoms with E-state index in [0.717, 1.165) is 0 Å². The van der Waals surface area contributed by atoms with Crippen LogP contribution in [0, 0.1) is 11.8 Å². The van der Waals surface area contributed by atoms with Gasteiger partial charge in [0, 0.05) is 0 Å². The lowest BCUT2D eigenvalue weighted by molar-refractivity contribution is -0.0324. The summed E-state index contributed by atoms with van der Waals surface area (Å²) in [6, 6.07) is 0. The van der Waals surface area contributed by atoms with Gasteiger partial charge in [-0.3, -0.25) is 0 Å². The maximum absolute atomic E-state index is 8.65. The fourth-order valence-electron chi connectivity index (χ4n) is 1.71. The number of hydrogen-bond donors (Lipinski definition) is 1. The molecule has 2 heteroatoms. The Hall–Kier alpha value is -0.0800. The first-order valence-corrected chi connectivity index (χ1v) is 4.87. The lowest BCUT2D eigenvalue weighted by Crippen LogP contribution is -2.28. The van der Waals surface area contributed by atoms with Gasteiger partial charge in [-0.05, 0) is 24.7 Å². The van der Waals surface area contributed by atoms with E-state index in [-0.39, 0.29) is 12.2 Å². The van der Waals surface area contributed by atoms with E-state index in [2.05, 4.69) is 20.8 Å². The molecule has 0 aromatic carbocycles. The van der Waals surface area contributed by atoms with Crippen LogP contribution in [0.2, 0.25) is 0 Å². The van der Waals surface area contributed by atoms with E-state index in [1.54, 1.807) is 0 Å². The first-order valence-electron chi connectivity index (χ1n) is 4.87. The molecule has 0 aliphatic heterocycles. The van der Waals surface area contributed by atoms with E-state index < -0.39 is 0 Å². The van der Waals surface area contributed by atoms with E-state index in [9.17, 15) is 0 Å². The lowest BCUT2D eigenvalue weighted by atomic mass is 9.90. The van der Waals surface area contributed by atoms with Crippen LogP contribution in [0.25, 0.3) is 0 Å². The highest BCUT2D eigenvalue weighted by Crippen LogP contribution is 2.48. The SMILES string of the molecule is CC(C)C(C)C1(OCCO)CC1. The van der Waals surface area contributed by atoms with Gasteiger partial charge in [0.25, 0.3) is 0 Å². The van der Waals surface area contributed by atoms with E-state index in [4.69, 9.17) is 9.84 Å². The molecular weight excluding hydrogens is 152 g/mol. The second kappa shape index (κ2) is 3.75. The summed E-state index contributed by atoms with van der Waals surface area (Å²) in [6.07, 6.45) is 2.35. The zero-order chi connectivity index (χ0) is 9.19. The molecule has 1 aliphatic carbocycles. The zero-order valence-electron chi connectivity index (χ0n) is 8.34. The van der Waals surface area contributed by atoms with E-state index in [0.29, 0.717) is 18.4 Å². The Bertz CT molecular complexity index is 139.